The van der Waals surface area contributed by atoms with E-state index in [-0.39, 0.29) is 11.9 Å². The van der Waals surface area contributed by atoms with Gasteiger partial charge in [-0.3, -0.25) is 4.79 Å². The zero-order valence-corrected chi connectivity index (χ0v) is 10.0. The zero-order chi connectivity index (χ0) is 11.7. The van der Waals surface area contributed by atoms with E-state index >= 15 is 0 Å². The minimum Gasteiger partial charge on any atom is -0.337 e. The van der Waals surface area contributed by atoms with Crippen molar-refractivity contribution in [2.24, 2.45) is 5.73 Å². The Kier molecular flexibility index (Phi) is 8.01. The first-order valence-electron chi connectivity index (χ1n) is 5.74. The molecule has 0 atom stereocenters. The summed E-state index contributed by atoms with van der Waals surface area (Å²) < 4.78 is 0. The lowest BCUT2D eigenvalue weighted by molar-refractivity contribution is -0.132. The highest BCUT2D eigenvalue weighted by Crippen LogP contribution is 2.06. The Labute approximate surface area is 93.3 Å². The molecule has 0 saturated carbocycles. The van der Waals surface area contributed by atoms with Crippen molar-refractivity contribution >= 4 is 5.91 Å². The third-order valence-corrected chi connectivity index (χ3v) is 2.36. The van der Waals surface area contributed by atoms with Gasteiger partial charge < -0.3 is 10.6 Å². The Bertz CT molecular complexity index is 190. The van der Waals surface area contributed by atoms with Crippen LogP contribution in [0.5, 0.6) is 0 Å². The van der Waals surface area contributed by atoms with Gasteiger partial charge in [0.05, 0.1) is 0 Å². The Hall–Kier alpha value is -0.830. The van der Waals surface area contributed by atoms with Gasteiger partial charge >= 0.3 is 0 Å². The third kappa shape index (κ3) is 6.28. The first kappa shape index (κ1) is 14.2. The molecule has 0 aromatic carbocycles. The van der Waals surface area contributed by atoms with Crippen LogP contribution in [0.25, 0.3) is 0 Å². The van der Waals surface area contributed by atoms with Gasteiger partial charge in [-0.1, -0.05) is 12.5 Å². The first-order chi connectivity index (χ1) is 7.13. The number of carbonyl (C=O) groups is 1. The summed E-state index contributed by atoms with van der Waals surface area (Å²) in [4.78, 5) is 13.6. The van der Waals surface area contributed by atoms with E-state index in [1.165, 1.54) is 0 Å². The van der Waals surface area contributed by atoms with Crippen molar-refractivity contribution in [3.63, 3.8) is 0 Å². The number of carbonyl (C=O) groups excluding carboxylic acids is 1. The molecule has 0 radical (unpaired) electrons. The van der Waals surface area contributed by atoms with E-state index in [0.29, 0.717) is 13.0 Å². The van der Waals surface area contributed by atoms with Gasteiger partial charge in [-0.15, -0.1) is 6.58 Å². The molecule has 3 heteroatoms. The van der Waals surface area contributed by atoms with Crippen molar-refractivity contribution in [2.45, 2.75) is 45.6 Å². The van der Waals surface area contributed by atoms with Crippen LogP contribution in [0.4, 0.5) is 0 Å². The largest absolute Gasteiger partial charge is 0.337 e. The molecular formula is C12H24N2O. The molecule has 3 nitrogen and oxygen atoms in total. The van der Waals surface area contributed by atoms with E-state index in [1.54, 1.807) is 6.08 Å². The molecule has 1 amide bonds. The normalized spacial score (nSPS) is 10.4. The third-order valence-electron chi connectivity index (χ3n) is 2.36. The average molecular weight is 212 g/mol. The molecule has 0 aliphatic rings. The Morgan fingerprint density at radius 1 is 1.40 bits per heavy atom. The van der Waals surface area contributed by atoms with Crippen molar-refractivity contribution in [2.75, 3.05) is 13.1 Å². The topological polar surface area (TPSA) is 46.3 Å². The smallest absolute Gasteiger partial charge is 0.223 e. The lowest BCUT2D eigenvalue weighted by Crippen LogP contribution is -2.36. The number of rotatable bonds is 8. The molecule has 15 heavy (non-hydrogen) atoms. The lowest BCUT2D eigenvalue weighted by Gasteiger charge is -2.25. The Morgan fingerprint density at radius 3 is 2.53 bits per heavy atom. The van der Waals surface area contributed by atoms with Crippen LogP contribution in [-0.2, 0) is 4.79 Å². The number of nitrogens with two attached hydrogens (primary N) is 1. The number of nitrogens with zero attached hydrogens (tertiary/aromatic N) is 1. The van der Waals surface area contributed by atoms with E-state index in [9.17, 15) is 4.79 Å². The monoisotopic (exact) mass is 212 g/mol. The van der Waals surface area contributed by atoms with E-state index in [4.69, 9.17) is 5.73 Å². The molecule has 88 valence electrons. The summed E-state index contributed by atoms with van der Waals surface area (Å²) in [5.41, 5.74) is 5.39. The number of hydrogen-bond acceptors (Lipinski definition) is 2. The summed E-state index contributed by atoms with van der Waals surface area (Å²) in [6.45, 7) is 9.09. The minimum atomic E-state index is 0.224. The Balaban J connectivity index is 3.87. The summed E-state index contributed by atoms with van der Waals surface area (Å²) in [7, 11) is 0. The highest BCUT2D eigenvalue weighted by molar-refractivity contribution is 5.76. The predicted octanol–water partition coefficient (Wildman–Crippen LogP) is 1.93. The molecule has 0 spiro atoms. The van der Waals surface area contributed by atoms with Crippen molar-refractivity contribution in [3.05, 3.63) is 12.7 Å². The predicted molar refractivity (Wildman–Crippen MR) is 64.6 cm³/mol. The highest BCUT2D eigenvalue weighted by atomic mass is 16.2. The van der Waals surface area contributed by atoms with E-state index in [0.717, 1.165) is 25.8 Å². The van der Waals surface area contributed by atoms with Crippen molar-refractivity contribution in [1.82, 2.24) is 4.90 Å². The molecule has 0 rings (SSSR count). The molecule has 0 aliphatic carbocycles. The summed E-state index contributed by atoms with van der Waals surface area (Å²) in [5, 5.41) is 0. The van der Waals surface area contributed by atoms with Crippen molar-refractivity contribution in [1.29, 1.82) is 0 Å². The van der Waals surface area contributed by atoms with Crippen LogP contribution < -0.4 is 5.73 Å². The fourth-order valence-electron chi connectivity index (χ4n) is 1.48. The molecule has 2 N–H and O–H groups in total. The summed E-state index contributed by atoms with van der Waals surface area (Å²) in [5.74, 6) is 0.224. The van der Waals surface area contributed by atoms with Crippen molar-refractivity contribution in [3.8, 4) is 0 Å². The Morgan fingerprint density at radius 2 is 2.07 bits per heavy atom. The van der Waals surface area contributed by atoms with Gasteiger partial charge in [0, 0.05) is 19.0 Å². The van der Waals surface area contributed by atoms with Gasteiger partial charge in [0.15, 0.2) is 0 Å². The first-order valence-corrected chi connectivity index (χ1v) is 5.74. The SMILES string of the molecule is C=CCN(C(=O)CCCCCN)C(C)C. The quantitative estimate of drug-likeness (QED) is 0.493. The standard InChI is InChI=1S/C12H24N2O/c1-4-10-14(11(2)3)12(15)8-6-5-7-9-13/h4,11H,1,5-10,13H2,2-3H3. The maximum absolute atomic E-state index is 11.8. The van der Waals surface area contributed by atoms with Gasteiger partial charge in [-0.25, -0.2) is 0 Å². The molecule has 0 saturated heterocycles. The number of amides is 1. The van der Waals surface area contributed by atoms with Crippen LogP contribution in [0.2, 0.25) is 0 Å². The molecule has 0 aliphatic heterocycles. The second-order valence-corrected chi connectivity index (χ2v) is 4.03. The van der Waals surface area contributed by atoms with Crippen LogP contribution in [0.15, 0.2) is 12.7 Å². The fourth-order valence-corrected chi connectivity index (χ4v) is 1.48. The van der Waals surface area contributed by atoms with Gasteiger partial charge in [0.2, 0.25) is 5.91 Å². The second kappa shape index (κ2) is 8.48. The lowest BCUT2D eigenvalue weighted by atomic mass is 10.1. The van der Waals surface area contributed by atoms with Gasteiger partial charge in [-0.2, -0.15) is 0 Å². The van der Waals surface area contributed by atoms with E-state index in [2.05, 4.69) is 6.58 Å². The van der Waals surface area contributed by atoms with Gasteiger partial charge in [-0.05, 0) is 33.2 Å². The molecular weight excluding hydrogens is 188 g/mol. The second-order valence-electron chi connectivity index (χ2n) is 4.03. The van der Waals surface area contributed by atoms with Crippen molar-refractivity contribution < 1.29 is 4.79 Å². The molecule has 0 aromatic heterocycles. The molecule has 0 heterocycles. The fraction of sp³-hybridized carbons (Fsp3) is 0.750. The van der Waals surface area contributed by atoms with Crippen LogP contribution in [-0.4, -0.2) is 29.9 Å². The van der Waals surface area contributed by atoms with Crippen LogP contribution in [0, 0.1) is 0 Å². The van der Waals surface area contributed by atoms with Crippen LogP contribution >= 0.6 is 0 Å². The van der Waals surface area contributed by atoms with Crippen LogP contribution in [0.3, 0.4) is 0 Å². The average Bonchev–Trinajstić information content (AvgIpc) is 2.20. The molecule has 0 fully saturated rings. The van der Waals surface area contributed by atoms with E-state index in [1.807, 2.05) is 18.7 Å². The highest BCUT2D eigenvalue weighted by Gasteiger charge is 2.14. The van der Waals surface area contributed by atoms with Crippen LogP contribution in [0.1, 0.15) is 39.5 Å². The van der Waals surface area contributed by atoms with E-state index < -0.39 is 0 Å². The maximum Gasteiger partial charge on any atom is 0.223 e. The minimum absolute atomic E-state index is 0.224. The molecule has 0 unspecified atom stereocenters. The molecule has 0 aromatic rings. The molecule has 0 bridgehead atoms. The zero-order valence-electron chi connectivity index (χ0n) is 10.0. The summed E-state index contributed by atoms with van der Waals surface area (Å²) in [6.07, 6.45) is 5.40. The van der Waals surface area contributed by atoms with Gasteiger partial charge in [0.25, 0.3) is 0 Å². The maximum atomic E-state index is 11.8. The van der Waals surface area contributed by atoms with Gasteiger partial charge in [0.1, 0.15) is 0 Å². The summed E-state index contributed by atoms with van der Waals surface area (Å²) >= 11 is 0. The number of unbranched alkanes of at least 4 members (excludes halogenated alkanes) is 2. The number of hydrogen-bond donors (Lipinski definition) is 1. The summed E-state index contributed by atoms with van der Waals surface area (Å²) in [6, 6.07) is 0.255.